The van der Waals surface area contributed by atoms with Crippen LogP contribution in [0, 0.1) is 0 Å². The van der Waals surface area contributed by atoms with Crippen molar-refractivity contribution in [1.82, 2.24) is 14.8 Å². The Hall–Kier alpha value is -2.63. The molecule has 1 aliphatic heterocycles. The maximum atomic E-state index is 11.9. The smallest absolute Gasteiger partial charge is 0.259 e. The molecule has 0 atom stereocenters. The monoisotopic (exact) mass is 255 g/mol. The molecule has 1 amide bonds. The lowest BCUT2D eigenvalue weighted by Crippen LogP contribution is -2.07. The zero-order chi connectivity index (χ0) is 13.2. The van der Waals surface area contributed by atoms with E-state index >= 15 is 0 Å². The van der Waals surface area contributed by atoms with Crippen molar-refractivity contribution in [2.45, 2.75) is 13.5 Å². The van der Waals surface area contributed by atoms with E-state index in [1.165, 1.54) is 0 Å². The number of fused-ring (bicyclic) bond motifs is 1. The van der Waals surface area contributed by atoms with Gasteiger partial charge in [0.05, 0.1) is 11.8 Å². The first-order valence-electron chi connectivity index (χ1n) is 6.05. The maximum absolute atomic E-state index is 11.9. The molecule has 0 spiro atoms. The summed E-state index contributed by atoms with van der Waals surface area (Å²) in [6, 6.07) is 5.53. The van der Waals surface area contributed by atoms with Gasteiger partial charge < -0.3 is 10.6 Å². The highest BCUT2D eigenvalue weighted by Gasteiger charge is 2.24. The number of anilines is 2. The fourth-order valence-electron chi connectivity index (χ4n) is 2.02. The number of pyridine rings is 1. The van der Waals surface area contributed by atoms with E-state index in [-0.39, 0.29) is 5.91 Å². The summed E-state index contributed by atoms with van der Waals surface area (Å²) in [4.78, 5) is 16.0. The molecule has 6 heteroatoms. The molecule has 0 bridgehead atoms. The minimum atomic E-state index is -0.149. The largest absolute Gasteiger partial charge is 0.346 e. The van der Waals surface area contributed by atoms with Gasteiger partial charge in [0, 0.05) is 30.6 Å². The number of carbonyl (C=O) groups excluding carboxylic acids is 1. The quantitative estimate of drug-likeness (QED) is 0.819. The molecule has 0 aliphatic carbocycles. The zero-order valence-electron chi connectivity index (χ0n) is 10.4. The molecule has 0 unspecified atom stereocenters. The molecule has 3 heterocycles. The Labute approximate surface area is 110 Å². The third-order valence-corrected chi connectivity index (χ3v) is 2.95. The van der Waals surface area contributed by atoms with E-state index in [0.717, 1.165) is 17.9 Å². The van der Waals surface area contributed by atoms with Crippen molar-refractivity contribution in [2.75, 3.05) is 10.6 Å². The van der Waals surface area contributed by atoms with Gasteiger partial charge in [-0.05, 0) is 19.1 Å². The Morgan fingerprint density at radius 1 is 1.42 bits per heavy atom. The predicted molar refractivity (Wildman–Crippen MR) is 72.4 cm³/mol. The SMILES string of the molecule is CCn1nccc1NC=C1C(=O)Nc2ncccc21. The van der Waals surface area contributed by atoms with Gasteiger partial charge in [-0.1, -0.05) is 0 Å². The van der Waals surface area contributed by atoms with Crippen LogP contribution in [-0.2, 0) is 11.3 Å². The van der Waals surface area contributed by atoms with Crippen LogP contribution in [0.5, 0.6) is 0 Å². The fourth-order valence-corrected chi connectivity index (χ4v) is 2.02. The number of aromatic nitrogens is 3. The Balaban J connectivity index is 1.90. The van der Waals surface area contributed by atoms with Crippen molar-refractivity contribution >= 4 is 23.1 Å². The highest BCUT2D eigenvalue weighted by Crippen LogP contribution is 2.29. The molecule has 1 aliphatic rings. The summed E-state index contributed by atoms with van der Waals surface area (Å²) in [7, 11) is 0. The van der Waals surface area contributed by atoms with Crippen LogP contribution < -0.4 is 10.6 Å². The molecule has 0 saturated heterocycles. The van der Waals surface area contributed by atoms with Crippen LogP contribution in [-0.4, -0.2) is 20.7 Å². The number of carbonyl (C=O) groups is 1. The molecule has 6 nitrogen and oxygen atoms in total. The lowest BCUT2D eigenvalue weighted by molar-refractivity contribution is -0.110. The van der Waals surface area contributed by atoms with Crippen molar-refractivity contribution < 1.29 is 4.79 Å². The van der Waals surface area contributed by atoms with Crippen LogP contribution in [0.15, 0.2) is 36.8 Å². The van der Waals surface area contributed by atoms with Gasteiger partial charge in [-0.3, -0.25) is 4.79 Å². The zero-order valence-corrected chi connectivity index (χ0v) is 10.4. The summed E-state index contributed by atoms with van der Waals surface area (Å²) in [6.07, 6.45) is 5.06. The van der Waals surface area contributed by atoms with Crippen LogP contribution in [0.3, 0.4) is 0 Å². The van der Waals surface area contributed by atoms with Gasteiger partial charge in [-0.2, -0.15) is 5.10 Å². The van der Waals surface area contributed by atoms with Crippen LogP contribution in [0.1, 0.15) is 12.5 Å². The minimum Gasteiger partial charge on any atom is -0.346 e. The van der Waals surface area contributed by atoms with Gasteiger partial charge in [-0.15, -0.1) is 0 Å². The molecule has 19 heavy (non-hydrogen) atoms. The summed E-state index contributed by atoms with van der Waals surface area (Å²) in [5, 5.41) is 9.99. The second-order valence-electron chi connectivity index (χ2n) is 4.09. The first-order chi connectivity index (χ1) is 9.29. The van der Waals surface area contributed by atoms with Gasteiger partial charge in [-0.25, -0.2) is 9.67 Å². The van der Waals surface area contributed by atoms with Crippen LogP contribution in [0.25, 0.3) is 5.57 Å². The third kappa shape index (κ3) is 1.97. The standard InChI is InChI=1S/C13H13N5O/c1-2-18-11(5-7-16-18)15-8-10-9-4-3-6-14-12(9)17-13(10)19/h3-8,15H,2H2,1H3,(H,14,17,19). The molecular formula is C13H13N5O. The highest BCUT2D eigenvalue weighted by molar-refractivity contribution is 6.31. The van der Waals surface area contributed by atoms with E-state index < -0.39 is 0 Å². The average molecular weight is 255 g/mol. The highest BCUT2D eigenvalue weighted by atomic mass is 16.2. The lowest BCUT2D eigenvalue weighted by atomic mass is 10.1. The average Bonchev–Trinajstić information content (AvgIpc) is 2.99. The molecule has 0 radical (unpaired) electrons. The van der Waals surface area contributed by atoms with E-state index in [0.29, 0.717) is 11.4 Å². The second kappa shape index (κ2) is 4.56. The van der Waals surface area contributed by atoms with Crippen LogP contribution in [0.2, 0.25) is 0 Å². The second-order valence-corrected chi connectivity index (χ2v) is 4.09. The molecule has 2 aromatic heterocycles. The molecule has 2 N–H and O–H groups in total. The molecular weight excluding hydrogens is 242 g/mol. The first-order valence-corrected chi connectivity index (χ1v) is 6.05. The number of aryl methyl sites for hydroxylation is 1. The minimum absolute atomic E-state index is 0.149. The van der Waals surface area contributed by atoms with Crippen molar-refractivity contribution in [3.05, 3.63) is 42.4 Å². The Morgan fingerprint density at radius 2 is 2.32 bits per heavy atom. The van der Waals surface area contributed by atoms with Crippen LogP contribution >= 0.6 is 0 Å². The lowest BCUT2D eigenvalue weighted by Gasteiger charge is -2.04. The molecule has 0 fully saturated rings. The predicted octanol–water partition coefficient (Wildman–Crippen LogP) is 1.70. The van der Waals surface area contributed by atoms with Crippen molar-refractivity contribution in [1.29, 1.82) is 0 Å². The van der Waals surface area contributed by atoms with Crippen molar-refractivity contribution in [2.24, 2.45) is 0 Å². The van der Waals surface area contributed by atoms with E-state index in [9.17, 15) is 4.79 Å². The van der Waals surface area contributed by atoms with Crippen molar-refractivity contribution in [3.63, 3.8) is 0 Å². The number of nitrogens with one attached hydrogen (secondary N) is 2. The summed E-state index contributed by atoms with van der Waals surface area (Å²) >= 11 is 0. The van der Waals surface area contributed by atoms with Gasteiger partial charge >= 0.3 is 0 Å². The summed E-state index contributed by atoms with van der Waals surface area (Å²) in [5.74, 6) is 1.30. The van der Waals surface area contributed by atoms with E-state index in [1.807, 2.05) is 29.8 Å². The Morgan fingerprint density at radius 3 is 3.16 bits per heavy atom. The molecule has 3 rings (SSSR count). The van der Waals surface area contributed by atoms with Gasteiger partial charge in [0.1, 0.15) is 11.6 Å². The van der Waals surface area contributed by atoms with Crippen molar-refractivity contribution in [3.8, 4) is 0 Å². The molecule has 0 aromatic carbocycles. The first kappa shape index (κ1) is 11.5. The fraction of sp³-hybridized carbons (Fsp3) is 0.154. The topological polar surface area (TPSA) is 71.8 Å². The summed E-state index contributed by atoms with van der Waals surface area (Å²) < 4.78 is 1.81. The van der Waals surface area contributed by atoms with Gasteiger partial charge in [0.15, 0.2) is 0 Å². The van der Waals surface area contributed by atoms with E-state index in [2.05, 4.69) is 20.7 Å². The number of hydrogen-bond donors (Lipinski definition) is 2. The normalized spacial score (nSPS) is 15.4. The number of hydrogen-bond acceptors (Lipinski definition) is 4. The maximum Gasteiger partial charge on any atom is 0.259 e. The number of nitrogens with zero attached hydrogens (tertiary/aromatic N) is 3. The Kier molecular flexibility index (Phi) is 2.75. The van der Waals surface area contributed by atoms with Gasteiger partial charge in [0.25, 0.3) is 5.91 Å². The molecule has 2 aromatic rings. The van der Waals surface area contributed by atoms with Gasteiger partial charge in [0.2, 0.25) is 0 Å². The molecule has 96 valence electrons. The summed E-state index contributed by atoms with van der Waals surface area (Å²) in [5.41, 5.74) is 1.38. The van der Waals surface area contributed by atoms with E-state index in [4.69, 9.17) is 0 Å². The third-order valence-electron chi connectivity index (χ3n) is 2.95. The van der Waals surface area contributed by atoms with E-state index in [1.54, 1.807) is 18.6 Å². The summed E-state index contributed by atoms with van der Waals surface area (Å²) in [6.45, 7) is 2.77. The number of rotatable bonds is 3. The number of amides is 1. The molecule has 0 saturated carbocycles. The van der Waals surface area contributed by atoms with Crippen LogP contribution in [0.4, 0.5) is 11.6 Å². The Bertz CT molecular complexity index is 659.